The predicted molar refractivity (Wildman–Crippen MR) is 79.3 cm³/mol. The predicted octanol–water partition coefficient (Wildman–Crippen LogP) is 2.24. The highest BCUT2D eigenvalue weighted by Crippen LogP contribution is 2.15. The quantitative estimate of drug-likeness (QED) is 0.802. The molecule has 0 fully saturated rings. The van der Waals surface area contributed by atoms with Crippen molar-refractivity contribution >= 4 is 11.0 Å². The zero-order chi connectivity index (χ0) is 14.8. The molecule has 1 atom stereocenters. The summed E-state index contributed by atoms with van der Waals surface area (Å²) in [7, 11) is 0. The summed E-state index contributed by atoms with van der Waals surface area (Å²) >= 11 is 0. The van der Waals surface area contributed by atoms with Crippen LogP contribution in [-0.2, 0) is 6.54 Å². The fraction of sp³-hybridized carbons (Fsp3) is 0.125. The molecule has 1 unspecified atom stereocenters. The molecule has 3 aromatic rings. The van der Waals surface area contributed by atoms with Gasteiger partial charge in [0.1, 0.15) is 5.82 Å². The van der Waals surface area contributed by atoms with E-state index in [1.54, 1.807) is 16.7 Å². The molecule has 3 rings (SSSR count). The number of hydrogen-bond acceptors (Lipinski definition) is 3. The van der Waals surface area contributed by atoms with Crippen LogP contribution in [0, 0.1) is 5.82 Å². The van der Waals surface area contributed by atoms with Gasteiger partial charge >= 0.3 is 0 Å². The largest absolute Gasteiger partial charge is 0.322 e. The van der Waals surface area contributed by atoms with E-state index in [0.29, 0.717) is 6.54 Å². The summed E-state index contributed by atoms with van der Waals surface area (Å²) in [5.41, 5.74) is 8.19. The van der Waals surface area contributed by atoms with E-state index in [2.05, 4.69) is 4.98 Å². The highest BCUT2D eigenvalue weighted by molar-refractivity contribution is 5.74. The lowest BCUT2D eigenvalue weighted by Gasteiger charge is -2.15. The summed E-state index contributed by atoms with van der Waals surface area (Å²) in [6, 6.07) is 13.0. The number of halogens is 1. The zero-order valence-corrected chi connectivity index (χ0v) is 11.2. The van der Waals surface area contributed by atoms with Crippen LogP contribution in [0.5, 0.6) is 0 Å². The van der Waals surface area contributed by atoms with Crippen LogP contribution in [0.25, 0.3) is 11.0 Å². The third kappa shape index (κ3) is 2.68. The lowest BCUT2D eigenvalue weighted by atomic mass is 10.1. The summed E-state index contributed by atoms with van der Waals surface area (Å²) in [5, 5.41) is 0. The maximum absolute atomic E-state index is 12.9. The molecule has 0 saturated heterocycles. The Hall–Kier alpha value is -2.53. The first-order valence-electron chi connectivity index (χ1n) is 6.61. The van der Waals surface area contributed by atoms with Crippen molar-refractivity contribution in [3.8, 4) is 0 Å². The van der Waals surface area contributed by atoms with Crippen LogP contribution in [-0.4, -0.2) is 9.55 Å². The smallest absolute Gasteiger partial charge is 0.269 e. The molecule has 2 aromatic carbocycles. The molecule has 0 bridgehead atoms. The van der Waals surface area contributed by atoms with Gasteiger partial charge in [0, 0.05) is 12.6 Å². The van der Waals surface area contributed by atoms with Crippen LogP contribution in [0.1, 0.15) is 11.6 Å². The first-order valence-corrected chi connectivity index (χ1v) is 6.61. The lowest BCUT2D eigenvalue weighted by molar-refractivity contribution is 0.572. The Kier molecular flexibility index (Phi) is 3.50. The van der Waals surface area contributed by atoms with Gasteiger partial charge in [-0.2, -0.15) is 0 Å². The molecule has 106 valence electrons. The van der Waals surface area contributed by atoms with Gasteiger partial charge in [-0.05, 0) is 29.8 Å². The molecule has 1 heterocycles. The standard InChI is InChI=1S/C16H14FN3O/c17-12-7-5-11(6-8-12)13(18)10-20-15-4-2-1-3-14(15)19-9-16(20)21/h1-9,13H,10,18H2. The Bertz CT molecular complexity index is 827. The molecule has 1 aromatic heterocycles. The molecule has 0 spiro atoms. The minimum absolute atomic E-state index is 0.203. The van der Waals surface area contributed by atoms with Crippen molar-refractivity contribution < 1.29 is 4.39 Å². The van der Waals surface area contributed by atoms with Crippen LogP contribution < -0.4 is 11.3 Å². The van der Waals surface area contributed by atoms with Gasteiger partial charge in [-0.25, -0.2) is 9.37 Å². The van der Waals surface area contributed by atoms with Crippen molar-refractivity contribution in [1.82, 2.24) is 9.55 Å². The van der Waals surface area contributed by atoms with E-state index in [9.17, 15) is 9.18 Å². The van der Waals surface area contributed by atoms with Crippen LogP contribution in [0.4, 0.5) is 4.39 Å². The molecule has 5 heteroatoms. The Balaban J connectivity index is 1.99. The molecule has 2 N–H and O–H groups in total. The third-order valence-corrected chi connectivity index (χ3v) is 3.43. The van der Waals surface area contributed by atoms with E-state index in [1.807, 2.05) is 24.3 Å². The van der Waals surface area contributed by atoms with Crippen LogP contribution in [0.15, 0.2) is 59.5 Å². The number of fused-ring (bicyclic) bond motifs is 1. The van der Waals surface area contributed by atoms with Crippen molar-refractivity contribution in [2.75, 3.05) is 0 Å². The number of aromatic nitrogens is 2. The molecule has 0 aliphatic rings. The van der Waals surface area contributed by atoms with E-state index in [4.69, 9.17) is 5.73 Å². The minimum atomic E-state index is -0.394. The summed E-state index contributed by atoms with van der Waals surface area (Å²) < 4.78 is 14.5. The molecule has 0 saturated carbocycles. The second-order valence-electron chi connectivity index (χ2n) is 4.85. The first kappa shape index (κ1) is 13.5. The van der Waals surface area contributed by atoms with Crippen LogP contribution in [0.2, 0.25) is 0 Å². The fourth-order valence-electron chi connectivity index (χ4n) is 2.32. The number of rotatable bonds is 3. The van der Waals surface area contributed by atoms with Gasteiger partial charge in [0.2, 0.25) is 0 Å². The maximum Gasteiger partial charge on any atom is 0.269 e. The van der Waals surface area contributed by atoms with Gasteiger partial charge in [0.05, 0.1) is 17.2 Å². The average molecular weight is 283 g/mol. The lowest BCUT2D eigenvalue weighted by Crippen LogP contribution is -2.27. The second-order valence-corrected chi connectivity index (χ2v) is 4.85. The van der Waals surface area contributed by atoms with Crippen molar-refractivity contribution in [2.45, 2.75) is 12.6 Å². The number of nitrogens with two attached hydrogens (primary N) is 1. The van der Waals surface area contributed by atoms with E-state index in [-0.39, 0.29) is 11.4 Å². The molecule has 0 radical (unpaired) electrons. The van der Waals surface area contributed by atoms with E-state index in [0.717, 1.165) is 16.6 Å². The number of hydrogen-bond donors (Lipinski definition) is 1. The number of para-hydroxylation sites is 2. The van der Waals surface area contributed by atoms with Crippen LogP contribution in [0.3, 0.4) is 0 Å². The van der Waals surface area contributed by atoms with E-state index in [1.165, 1.54) is 18.3 Å². The Morgan fingerprint density at radius 1 is 1.14 bits per heavy atom. The van der Waals surface area contributed by atoms with Gasteiger partial charge in [-0.3, -0.25) is 4.79 Å². The Morgan fingerprint density at radius 3 is 2.62 bits per heavy atom. The van der Waals surface area contributed by atoms with Crippen molar-refractivity contribution in [2.24, 2.45) is 5.73 Å². The molecule has 0 amide bonds. The SMILES string of the molecule is NC(Cn1c(=O)cnc2ccccc21)c1ccc(F)cc1. The fourth-order valence-corrected chi connectivity index (χ4v) is 2.32. The van der Waals surface area contributed by atoms with E-state index >= 15 is 0 Å². The molecule has 0 aliphatic heterocycles. The second kappa shape index (κ2) is 5.46. The van der Waals surface area contributed by atoms with Gasteiger partial charge < -0.3 is 10.3 Å². The summed E-state index contributed by atoms with van der Waals surface area (Å²) in [5.74, 6) is -0.308. The molecular weight excluding hydrogens is 269 g/mol. The third-order valence-electron chi connectivity index (χ3n) is 3.43. The Labute approximate surface area is 120 Å². The average Bonchev–Trinajstić information content (AvgIpc) is 2.51. The van der Waals surface area contributed by atoms with Crippen molar-refractivity contribution in [3.63, 3.8) is 0 Å². The molecule has 4 nitrogen and oxygen atoms in total. The Morgan fingerprint density at radius 2 is 1.86 bits per heavy atom. The zero-order valence-electron chi connectivity index (χ0n) is 11.2. The van der Waals surface area contributed by atoms with Crippen molar-refractivity contribution in [3.05, 3.63) is 76.5 Å². The summed E-state index contributed by atoms with van der Waals surface area (Å²) in [4.78, 5) is 16.1. The summed E-state index contributed by atoms with van der Waals surface area (Å²) in [6.45, 7) is 0.313. The highest BCUT2D eigenvalue weighted by Gasteiger charge is 2.10. The maximum atomic E-state index is 12.9. The van der Waals surface area contributed by atoms with Gasteiger partial charge in [0.15, 0.2) is 0 Å². The van der Waals surface area contributed by atoms with Gasteiger partial charge in [-0.1, -0.05) is 24.3 Å². The monoisotopic (exact) mass is 283 g/mol. The molecule has 0 aliphatic carbocycles. The number of nitrogens with zero attached hydrogens (tertiary/aromatic N) is 2. The number of benzene rings is 2. The van der Waals surface area contributed by atoms with Gasteiger partial charge in [0.25, 0.3) is 5.56 Å². The van der Waals surface area contributed by atoms with Gasteiger partial charge in [-0.15, -0.1) is 0 Å². The molecule has 21 heavy (non-hydrogen) atoms. The van der Waals surface area contributed by atoms with Crippen molar-refractivity contribution in [1.29, 1.82) is 0 Å². The minimum Gasteiger partial charge on any atom is -0.322 e. The highest BCUT2D eigenvalue weighted by atomic mass is 19.1. The topological polar surface area (TPSA) is 60.9 Å². The summed E-state index contributed by atoms with van der Waals surface area (Å²) in [6.07, 6.45) is 1.29. The van der Waals surface area contributed by atoms with Crippen LogP contribution >= 0.6 is 0 Å². The first-order chi connectivity index (χ1) is 10.1. The van der Waals surface area contributed by atoms with E-state index < -0.39 is 6.04 Å². The molecular formula is C16H14FN3O. The normalized spacial score (nSPS) is 12.5.